The third-order valence-electron chi connectivity index (χ3n) is 5.29. The molecule has 8 nitrogen and oxygen atoms in total. The van der Waals surface area contributed by atoms with Gasteiger partial charge < -0.3 is 20.8 Å². The molecule has 1 atom stereocenters. The number of nitrogens with two attached hydrogens (primary N) is 1. The maximum Gasteiger partial charge on any atom is 0.289 e. The summed E-state index contributed by atoms with van der Waals surface area (Å²) in [5.74, 6) is 0.822. The first-order valence-corrected chi connectivity index (χ1v) is 11.0. The van der Waals surface area contributed by atoms with Crippen molar-refractivity contribution in [1.82, 2.24) is 19.9 Å². The van der Waals surface area contributed by atoms with Gasteiger partial charge in [0, 0.05) is 35.8 Å². The van der Waals surface area contributed by atoms with Crippen molar-refractivity contribution >= 4 is 51.1 Å². The second-order valence-corrected chi connectivity index (χ2v) is 8.79. The van der Waals surface area contributed by atoms with Crippen molar-refractivity contribution in [1.29, 1.82) is 0 Å². The van der Waals surface area contributed by atoms with E-state index in [1.54, 1.807) is 0 Å². The van der Waals surface area contributed by atoms with Crippen LogP contribution >= 0.6 is 23.4 Å². The fourth-order valence-electron chi connectivity index (χ4n) is 3.77. The van der Waals surface area contributed by atoms with E-state index in [-0.39, 0.29) is 6.04 Å². The highest BCUT2D eigenvalue weighted by atomic mass is 35.5. The van der Waals surface area contributed by atoms with Gasteiger partial charge in [-0.05, 0) is 41.7 Å². The Morgan fingerprint density at radius 3 is 3.03 bits per heavy atom. The Hall–Kier alpha value is -2.62. The average Bonchev–Trinajstić information content (AvgIpc) is 3.30. The quantitative estimate of drug-likeness (QED) is 0.284. The summed E-state index contributed by atoms with van der Waals surface area (Å²) in [7, 11) is 0. The minimum Gasteiger partial charge on any atom is -0.711 e. The molecule has 1 fully saturated rings. The largest absolute Gasteiger partial charge is 0.711 e. The number of benzene rings is 1. The highest BCUT2D eigenvalue weighted by Crippen LogP contribution is 2.37. The maximum absolute atomic E-state index is 11.4. The number of hydrogen-bond acceptors (Lipinski definition) is 7. The first-order valence-electron chi connectivity index (χ1n) is 9.77. The molecular formula is C20H20ClN7OS. The summed E-state index contributed by atoms with van der Waals surface area (Å²) in [6.07, 6.45) is 4.46. The van der Waals surface area contributed by atoms with Gasteiger partial charge in [0.1, 0.15) is 17.7 Å². The number of fused-ring (bicyclic) bond motifs is 2. The molecule has 1 aliphatic rings. The number of H-pyrrole nitrogens is 1. The summed E-state index contributed by atoms with van der Waals surface area (Å²) in [4.78, 5) is 20.3. The molecule has 1 aliphatic heterocycles. The molecular weight excluding hydrogens is 422 g/mol. The lowest BCUT2D eigenvalue weighted by Crippen LogP contribution is -2.27. The number of halogens is 1. The summed E-state index contributed by atoms with van der Waals surface area (Å²) >= 11 is 8.11. The molecule has 5 rings (SSSR count). The van der Waals surface area contributed by atoms with Gasteiger partial charge in [0.25, 0.3) is 6.33 Å². The fourth-order valence-corrected chi connectivity index (χ4v) is 4.91. The number of rotatable bonds is 4. The molecule has 0 aliphatic carbocycles. The normalized spacial score (nSPS) is 16.8. The molecule has 0 radical (unpaired) electrons. The van der Waals surface area contributed by atoms with Crippen molar-refractivity contribution in [3.8, 4) is 0 Å². The molecule has 30 heavy (non-hydrogen) atoms. The van der Waals surface area contributed by atoms with E-state index < -0.39 is 0 Å². The molecule has 3 N–H and O–H groups in total. The number of hydrogen-bond donors (Lipinski definition) is 2. The van der Waals surface area contributed by atoms with E-state index in [2.05, 4.69) is 21.8 Å². The van der Waals surface area contributed by atoms with Crippen LogP contribution in [0.4, 0.5) is 5.82 Å². The van der Waals surface area contributed by atoms with E-state index in [0.717, 1.165) is 64.3 Å². The Kier molecular flexibility index (Phi) is 4.88. The van der Waals surface area contributed by atoms with Crippen molar-refractivity contribution in [3.05, 3.63) is 46.6 Å². The molecule has 154 valence electrons. The minimum absolute atomic E-state index is 0.129. The number of nitrogens with zero attached hydrogens (tertiary/aromatic N) is 5. The second kappa shape index (κ2) is 7.57. The number of anilines is 1. The Balaban J connectivity index is 1.58. The molecule has 0 spiro atoms. The van der Waals surface area contributed by atoms with Crippen molar-refractivity contribution in [2.45, 2.75) is 35.9 Å². The molecule has 0 amide bonds. The lowest BCUT2D eigenvalue weighted by atomic mass is 10.2. The predicted octanol–water partition coefficient (Wildman–Crippen LogP) is 3.04. The lowest BCUT2D eigenvalue weighted by Gasteiger charge is -2.18. The van der Waals surface area contributed by atoms with Gasteiger partial charge in [-0.1, -0.05) is 18.5 Å². The van der Waals surface area contributed by atoms with Crippen LogP contribution < -0.4 is 15.4 Å². The Morgan fingerprint density at radius 2 is 2.27 bits per heavy atom. The van der Waals surface area contributed by atoms with Gasteiger partial charge in [0.2, 0.25) is 0 Å². The van der Waals surface area contributed by atoms with Crippen molar-refractivity contribution in [3.63, 3.8) is 0 Å². The first-order chi connectivity index (χ1) is 14.5. The average molecular weight is 442 g/mol. The zero-order valence-corrected chi connectivity index (χ0v) is 17.9. The summed E-state index contributed by atoms with van der Waals surface area (Å²) in [6.45, 7) is 3.64. The zero-order chi connectivity index (χ0) is 20.8. The van der Waals surface area contributed by atoms with Gasteiger partial charge in [0.05, 0.1) is 15.8 Å². The molecule has 10 heteroatoms. The number of aromatic amines is 1. The highest BCUT2D eigenvalue weighted by molar-refractivity contribution is 7.99. The molecule has 4 aromatic rings. The molecule has 4 heterocycles. The van der Waals surface area contributed by atoms with Crippen molar-refractivity contribution in [2.75, 3.05) is 18.0 Å². The fraction of sp³-hybridized carbons (Fsp3) is 0.300. The summed E-state index contributed by atoms with van der Waals surface area (Å²) in [6, 6.07) is 5.87. The predicted molar refractivity (Wildman–Crippen MR) is 118 cm³/mol. The van der Waals surface area contributed by atoms with E-state index in [4.69, 9.17) is 27.3 Å². The summed E-state index contributed by atoms with van der Waals surface area (Å²) in [5.41, 5.74) is 8.57. The van der Waals surface area contributed by atoms with Crippen molar-refractivity contribution in [2.24, 2.45) is 5.73 Å². The summed E-state index contributed by atoms with van der Waals surface area (Å²) < 4.78 is 0.694. The maximum atomic E-state index is 11.4. The number of aryl methyl sites for hydroxylation is 1. The monoisotopic (exact) mass is 441 g/mol. The summed E-state index contributed by atoms with van der Waals surface area (Å²) in [5, 5.41) is 14.4. The van der Waals surface area contributed by atoms with E-state index in [9.17, 15) is 5.21 Å². The molecule has 0 bridgehead atoms. The number of nitrogens with one attached hydrogen (secondary N) is 1. The zero-order valence-electron chi connectivity index (χ0n) is 16.3. The molecule has 0 unspecified atom stereocenters. The van der Waals surface area contributed by atoms with Crippen LogP contribution in [0.3, 0.4) is 0 Å². The van der Waals surface area contributed by atoms with Crippen LogP contribution in [0.1, 0.15) is 19.0 Å². The van der Waals surface area contributed by atoms with E-state index in [1.165, 1.54) is 24.3 Å². The van der Waals surface area contributed by atoms with E-state index in [0.29, 0.717) is 14.9 Å². The Labute approximate surface area is 182 Å². The van der Waals surface area contributed by atoms with Crippen LogP contribution in [-0.4, -0.2) is 39.1 Å². The standard InChI is InChI=1S/C20H20ClN7OS/c1-2-14-17(21)16-18(24-14)25-20(26-19(16)27-6-5-12(22)9-27)30-13-4-3-11-8-28(29)10-23-15(11)7-13/h3-4,7-8,10,12H,2,5-6,9,22H2,1H3,(H,24,25,26)/t12-/m1/s1. The van der Waals surface area contributed by atoms with Gasteiger partial charge in [-0.25, -0.2) is 14.7 Å². The highest BCUT2D eigenvalue weighted by Gasteiger charge is 2.26. The van der Waals surface area contributed by atoms with Gasteiger partial charge in [0.15, 0.2) is 10.7 Å². The van der Waals surface area contributed by atoms with Crippen LogP contribution in [0.25, 0.3) is 21.9 Å². The minimum atomic E-state index is 0.129. The van der Waals surface area contributed by atoms with Crippen LogP contribution in [0.15, 0.2) is 40.8 Å². The second-order valence-electron chi connectivity index (χ2n) is 7.38. The topological polar surface area (TPSA) is 111 Å². The first kappa shape index (κ1) is 19.3. The van der Waals surface area contributed by atoms with Gasteiger partial charge in [-0.2, -0.15) is 0 Å². The smallest absolute Gasteiger partial charge is 0.289 e. The molecule has 1 saturated heterocycles. The molecule has 0 saturated carbocycles. The van der Waals surface area contributed by atoms with Gasteiger partial charge in [-0.15, -0.1) is 0 Å². The SMILES string of the molecule is CCc1[nH]c2nc(Sc3ccc4c[n+]([O-])cnc4c3)nc(N3CC[C@@H](N)C3)c2c1Cl. The lowest BCUT2D eigenvalue weighted by molar-refractivity contribution is -0.607. The van der Waals surface area contributed by atoms with Crippen LogP contribution in [0.2, 0.25) is 5.02 Å². The van der Waals surface area contributed by atoms with Gasteiger partial charge >= 0.3 is 0 Å². The third-order valence-corrected chi connectivity index (χ3v) is 6.56. The Morgan fingerprint density at radius 1 is 1.40 bits per heavy atom. The van der Waals surface area contributed by atoms with Crippen LogP contribution in [-0.2, 0) is 6.42 Å². The Bertz CT molecular complexity index is 1260. The van der Waals surface area contributed by atoms with Crippen LogP contribution in [0.5, 0.6) is 0 Å². The molecule has 3 aromatic heterocycles. The van der Waals surface area contributed by atoms with Gasteiger partial charge in [-0.3, -0.25) is 0 Å². The third kappa shape index (κ3) is 3.42. The molecule has 1 aromatic carbocycles. The van der Waals surface area contributed by atoms with E-state index >= 15 is 0 Å². The number of aromatic nitrogens is 5. The van der Waals surface area contributed by atoms with Crippen molar-refractivity contribution < 1.29 is 4.73 Å². The van der Waals surface area contributed by atoms with E-state index in [1.807, 2.05) is 18.2 Å². The van der Waals surface area contributed by atoms with Crippen LogP contribution in [0, 0.1) is 5.21 Å².